The van der Waals surface area contributed by atoms with E-state index in [-0.39, 0.29) is 11.9 Å². The monoisotopic (exact) mass is 395 g/mol. The molecule has 2 aromatic rings. The van der Waals surface area contributed by atoms with Crippen LogP contribution in [0.4, 0.5) is 11.5 Å². The number of amides is 1. The summed E-state index contributed by atoms with van der Waals surface area (Å²) in [6.45, 7) is 6.99. The zero-order chi connectivity index (χ0) is 20.2. The van der Waals surface area contributed by atoms with E-state index >= 15 is 0 Å². The Bertz CT molecular complexity index is 851. The third-order valence-corrected chi connectivity index (χ3v) is 5.84. The van der Waals surface area contributed by atoms with E-state index in [4.69, 9.17) is 4.74 Å². The van der Waals surface area contributed by atoms with Gasteiger partial charge in [-0.15, -0.1) is 0 Å². The van der Waals surface area contributed by atoms with E-state index in [0.717, 1.165) is 44.7 Å². The summed E-state index contributed by atoms with van der Waals surface area (Å²) in [6.07, 6.45) is 4.34. The van der Waals surface area contributed by atoms with E-state index in [1.807, 2.05) is 24.8 Å². The number of likely N-dealkylation sites (tertiary alicyclic amines) is 1. The maximum absolute atomic E-state index is 13.1. The Labute approximate surface area is 172 Å². The number of hydrogen-bond donors (Lipinski definition) is 1. The number of nitrogens with one attached hydrogen (secondary N) is 1. The SMILES string of the molecule is CCOc1cc(NC2CCN(C(=O)C(C)N3CCc4ccccc43)CC2)ncn1. The second-order valence-corrected chi connectivity index (χ2v) is 7.67. The van der Waals surface area contributed by atoms with Crippen LogP contribution in [-0.2, 0) is 11.2 Å². The van der Waals surface area contributed by atoms with Crippen molar-refractivity contribution >= 4 is 17.4 Å². The van der Waals surface area contributed by atoms with Crippen molar-refractivity contribution in [2.75, 3.05) is 36.5 Å². The summed E-state index contributed by atoms with van der Waals surface area (Å²) < 4.78 is 5.44. The maximum Gasteiger partial charge on any atom is 0.244 e. The molecule has 7 nitrogen and oxygen atoms in total. The van der Waals surface area contributed by atoms with Crippen molar-refractivity contribution in [3.05, 3.63) is 42.2 Å². The first kappa shape index (κ1) is 19.5. The van der Waals surface area contributed by atoms with Crippen molar-refractivity contribution in [3.8, 4) is 5.88 Å². The molecule has 29 heavy (non-hydrogen) atoms. The molecule has 7 heteroatoms. The standard InChI is InChI=1S/C22H29N5O2/c1-3-29-21-14-20(23-15-24-21)25-18-9-11-26(12-10-18)22(28)16(2)27-13-8-17-6-4-5-7-19(17)27/h4-7,14-16,18H,3,8-13H2,1-2H3,(H,23,24,25). The lowest BCUT2D eigenvalue weighted by atomic mass is 10.0. The highest BCUT2D eigenvalue weighted by Crippen LogP contribution is 2.30. The molecule has 154 valence electrons. The third-order valence-electron chi connectivity index (χ3n) is 5.84. The van der Waals surface area contributed by atoms with Crippen LogP contribution in [-0.4, -0.2) is 59.1 Å². The molecule has 4 rings (SSSR count). The molecule has 0 saturated carbocycles. The fraction of sp³-hybridized carbons (Fsp3) is 0.500. The van der Waals surface area contributed by atoms with Crippen molar-refractivity contribution in [2.24, 2.45) is 0 Å². The Balaban J connectivity index is 1.31. The molecule has 1 saturated heterocycles. The molecule has 0 spiro atoms. The number of aromatic nitrogens is 2. The summed E-state index contributed by atoms with van der Waals surface area (Å²) in [5, 5.41) is 3.46. The van der Waals surface area contributed by atoms with Gasteiger partial charge < -0.3 is 19.9 Å². The van der Waals surface area contributed by atoms with E-state index in [0.29, 0.717) is 18.5 Å². The molecular formula is C22H29N5O2. The Morgan fingerprint density at radius 3 is 2.83 bits per heavy atom. The smallest absolute Gasteiger partial charge is 0.244 e. The maximum atomic E-state index is 13.1. The molecular weight excluding hydrogens is 366 g/mol. The number of piperidine rings is 1. The lowest BCUT2D eigenvalue weighted by Crippen LogP contribution is -2.50. The first-order valence-electron chi connectivity index (χ1n) is 10.5. The van der Waals surface area contributed by atoms with Crippen molar-refractivity contribution < 1.29 is 9.53 Å². The van der Waals surface area contributed by atoms with Crippen LogP contribution >= 0.6 is 0 Å². The van der Waals surface area contributed by atoms with E-state index in [1.54, 1.807) is 0 Å². The highest BCUT2D eigenvalue weighted by atomic mass is 16.5. The minimum absolute atomic E-state index is 0.126. The summed E-state index contributed by atoms with van der Waals surface area (Å²) in [5.74, 6) is 1.58. The number of rotatable bonds is 6. The average molecular weight is 396 g/mol. The van der Waals surface area contributed by atoms with Gasteiger partial charge in [0.15, 0.2) is 0 Å². The molecule has 0 bridgehead atoms. The van der Waals surface area contributed by atoms with Gasteiger partial charge in [0.2, 0.25) is 11.8 Å². The number of carbonyl (C=O) groups is 1. The molecule has 0 aliphatic carbocycles. The van der Waals surface area contributed by atoms with Crippen LogP contribution in [0.2, 0.25) is 0 Å². The minimum Gasteiger partial charge on any atom is -0.478 e. The molecule has 2 aliphatic heterocycles. The van der Waals surface area contributed by atoms with Gasteiger partial charge in [-0.1, -0.05) is 18.2 Å². The quantitative estimate of drug-likeness (QED) is 0.811. The molecule has 0 radical (unpaired) electrons. The van der Waals surface area contributed by atoms with Crippen LogP contribution < -0.4 is 15.0 Å². The molecule has 1 atom stereocenters. The van der Waals surface area contributed by atoms with Gasteiger partial charge in [-0.3, -0.25) is 4.79 Å². The van der Waals surface area contributed by atoms with E-state index < -0.39 is 0 Å². The number of hydrogen-bond acceptors (Lipinski definition) is 6. The zero-order valence-electron chi connectivity index (χ0n) is 17.2. The van der Waals surface area contributed by atoms with Crippen LogP contribution in [0, 0.1) is 0 Å². The number of nitrogens with zero attached hydrogens (tertiary/aromatic N) is 4. The molecule has 1 aromatic carbocycles. The second-order valence-electron chi connectivity index (χ2n) is 7.67. The van der Waals surface area contributed by atoms with E-state index in [9.17, 15) is 4.79 Å². The Kier molecular flexibility index (Phi) is 5.83. The number of anilines is 2. The third kappa shape index (κ3) is 4.28. The number of ether oxygens (including phenoxy) is 1. The number of fused-ring (bicyclic) bond motifs is 1. The molecule has 1 N–H and O–H groups in total. The van der Waals surface area contributed by atoms with Crippen molar-refractivity contribution in [1.82, 2.24) is 14.9 Å². The molecule has 1 amide bonds. The van der Waals surface area contributed by atoms with Gasteiger partial charge in [-0.05, 0) is 44.7 Å². The predicted molar refractivity (Wildman–Crippen MR) is 113 cm³/mol. The lowest BCUT2D eigenvalue weighted by Gasteiger charge is -2.36. The predicted octanol–water partition coefficient (Wildman–Crippen LogP) is 2.73. The molecule has 1 aromatic heterocycles. The average Bonchev–Trinajstić information content (AvgIpc) is 3.18. The van der Waals surface area contributed by atoms with Gasteiger partial charge in [0.05, 0.1) is 6.61 Å². The van der Waals surface area contributed by atoms with Crippen LogP contribution in [0.3, 0.4) is 0 Å². The topological polar surface area (TPSA) is 70.6 Å². The molecule has 3 heterocycles. The largest absolute Gasteiger partial charge is 0.478 e. The van der Waals surface area contributed by atoms with Gasteiger partial charge >= 0.3 is 0 Å². The van der Waals surface area contributed by atoms with Gasteiger partial charge in [-0.25, -0.2) is 9.97 Å². The fourth-order valence-corrected chi connectivity index (χ4v) is 4.26. The highest BCUT2D eigenvalue weighted by Gasteiger charge is 2.32. The van der Waals surface area contributed by atoms with Crippen LogP contribution in [0.15, 0.2) is 36.7 Å². The Hall–Kier alpha value is -2.83. The Morgan fingerprint density at radius 2 is 2.03 bits per heavy atom. The lowest BCUT2D eigenvalue weighted by molar-refractivity contribution is -0.133. The van der Waals surface area contributed by atoms with E-state index in [2.05, 4.69) is 44.5 Å². The zero-order valence-corrected chi connectivity index (χ0v) is 17.2. The molecule has 1 fully saturated rings. The molecule has 1 unspecified atom stereocenters. The van der Waals surface area contributed by atoms with Crippen LogP contribution in [0.25, 0.3) is 0 Å². The van der Waals surface area contributed by atoms with Crippen LogP contribution in [0.5, 0.6) is 5.88 Å². The van der Waals surface area contributed by atoms with E-state index in [1.165, 1.54) is 17.6 Å². The molecule has 2 aliphatic rings. The normalized spacial score (nSPS) is 17.7. The number of para-hydroxylation sites is 1. The van der Waals surface area contributed by atoms with Gasteiger partial charge in [0, 0.05) is 37.4 Å². The number of carbonyl (C=O) groups excluding carboxylic acids is 1. The fourth-order valence-electron chi connectivity index (χ4n) is 4.26. The van der Waals surface area contributed by atoms with Crippen molar-refractivity contribution in [3.63, 3.8) is 0 Å². The van der Waals surface area contributed by atoms with Crippen molar-refractivity contribution in [1.29, 1.82) is 0 Å². The summed E-state index contributed by atoms with van der Waals surface area (Å²) >= 11 is 0. The second kappa shape index (κ2) is 8.68. The van der Waals surface area contributed by atoms with Gasteiger partial charge in [0.1, 0.15) is 18.2 Å². The van der Waals surface area contributed by atoms with Gasteiger partial charge in [-0.2, -0.15) is 0 Å². The summed E-state index contributed by atoms with van der Waals surface area (Å²) in [6, 6.07) is 10.4. The first-order chi connectivity index (χ1) is 14.2. The first-order valence-corrected chi connectivity index (χ1v) is 10.5. The minimum atomic E-state index is -0.126. The van der Waals surface area contributed by atoms with Crippen LogP contribution in [0.1, 0.15) is 32.3 Å². The summed E-state index contributed by atoms with van der Waals surface area (Å²) in [7, 11) is 0. The highest BCUT2D eigenvalue weighted by molar-refractivity contribution is 5.86. The Morgan fingerprint density at radius 1 is 1.24 bits per heavy atom. The summed E-state index contributed by atoms with van der Waals surface area (Å²) in [4.78, 5) is 25.7. The van der Waals surface area contributed by atoms with Crippen molar-refractivity contribution in [2.45, 2.75) is 45.2 Å². The number of benzene rings is 1. The van der Waals surface area contributed by atoms with Gasteiger partial charge in [0.25, 0.3) is 0 Å². The summed E-state index contributed by atoms with van der Waals surface area (Å²) in [5.41, 5.74) is 2.55.